The Kier molecular flexibility index (Phi) is 7.29. The van der Waals surface area contributed by atoms with Crippen LogP contribution in [0, 0.1) is 17.6 Å². The normalized spacial score (nSPS) is 13.0. The lowest BCUT2D eigenvalue weighted by molar-refractivity contribution is -0.144. The molecule has 0 saturated heterocycles. The molecule has 0 unspecified atom stereocenters. The zero-order chi connectivity index (χ0) is 18.3. The summed E-state index contributed by atoms with van der Waals surface area (Å²) in [5.41, 5.74) is 5.50. The number of primary amides is 1. The van der Waals surface area contributed by atoms with Crippen LogP contribution < -0.4 is 11.1 Å². The Morgan fingerprint density at radius 3 is 2.46 bits per heavy atom. The van der Waals surface area contributed by atoms with E-state index in [1.165, 1.54) is 6.07 Å². The zero-order valence-electron chi connectivity index (χ0n) is 13.5. The molecule has 0 radical (unpaired) electrons. The standard InChI is InChI=1S/C16H20F2N2O4/c1-3-24-14(22)6-9(2)15(16(19)23)20-13(21)8-10-4-5-11(17)12(18)7-10/h4-5,7,9,15H,3,6,8H2,1-2H3,(H2,19,23)(H,20,21)/t9-,15-/m0/s1. The molecule has 0 aliphatic rings. The van der Waals surface area contributed by atoms with Crippen LogP contribution in [0.3, 0.4) is 0 Å². The second-order valence-electron chi connectivity index (χ2n) is 5.36. The van der Waals surface area contributed by atoms with E-state index < -0.39 is 41.4 Å². The van der Waals surface area contributed by atoms with Crippen LogP contribution in [0.4, 0.5) is 8.78 Å². The Bertz CT molecular complexity index is 622. The predicted molar refractivity (Wildman–Crippen MR) is 81.6 cm³/mol. The summed E-state index contributed by atoms with van der Waals surface area (Å²) in [7, 11) is 0. The Hall–Kier alpha value is -2.51. The van der Waals surface area contributed by atoms with Gasteiger partial charge in [0.2, 0.25) is 11.8 Å². The van der Waals surface area contributed by atoms with Gasteiger partial charge < -0.3 is 15.8 Å². The number of nitrogens with one attached hydrogen (secondary N) is 1. The molecule has 2 amide bonds. The van der Waals surface area contributed by atoms with Crippen molar-refractivity contribution in [2.24, 2.45) is 11.7 Å². The van der Waals surface area contributed by atoms with Crippen LogP contribution in [0.2, 0.25) is 0 Å². The fourth-order valence-electron chi connectivity index (χ4n) is 2.15. The third-order valence-electron chi connectivity index (χ3n) is 3.33. The average molecular weight is 342 g/mol. The second kappa shape index (κ2) is 8.95. The van der Waals surface area contributed by atoms with Crippen LogP contribution in [0.1, 0.15) is 25.8 Å². The quantitative estimate of drug-likeness (QED) is 0.690. The molecule has 0 aromatic heterocycles. The van der Waals surface area contributed by atoms with Gasteiger partial charge in [0, 0.05) is 0 Å². The number of carbonyl (C=O) groups is 3. The fourth-order valence-corrected chi connectivity index (χ4v) is 2.15. The maximum absolute atomic E-state index is 13.1. The number of halogens is 2. The smallest absolute Gasteiger partial charge is 0.306 e. The monoisotopic (exact) mass is 342 g/mol. The van der Waals surface area contributed by atoms with Crippen LogP contribution in [-0.4, -0.2) is 30.4 Å². The van der Waals surface area contributed by atoms with Crippen molar-refractivity contribution in [1.29, 1.82) is 0 Å². The molecule has 3 N–H and O–H groups in total. The van der Waals surface area contributed by atoms with Gasteiger partial charge in [0.25, 0.3) is 0 Å². The van der Waals surface area contributed by atoms with Gasteiger partial charge in [-0.1, -0.05) is 13.0 Å². The van der Waals surface area contributed by atoms with Crippen molar-refractivity contribution in [3.05, 3.63) is 35.4 Å². The number of carbonyl (C=O) groups excluding carboxylic acids is 3. The number of esters is 1. The minimum atomic E-state index is -1.08. The molecule has 2 atom stereocenters. The molecular weight excluding hydrogens is 322 g/mol. The number of rotatable bonds is 8. The van der Waals surface area contributed by atoms with Gasteiger partial charge in [-0.2, -0.15) is 0 Å². The number of hydrogen-bond donors (Lipinski definition) is 2. The topological polar surface area (TPSA) is 98.5 Å². The Morgan fingerprint density at radius 2 is 1.92 bits per heavy atom. The highest BCUT2D eigenvalue weighted by molar-refractivity contribution is 5.88. The molecule has 132 valence electrons. The zero-order valence-corrected chi connectivity index (χ0v) is 13.5. The molecule has 1 rings (SSSR count). The first-order valence-corrected chi connectivity index (χ1v) is 7.42. The van der Waals surface area contributed by atoms with Crippen molar-refractivity contribution in [3.63, 3.8) is 0 Å². The van der Waals surface area contributed by atoms with Gasteiger partial charge in [-0.3, -0.25) is 14.4 Å². The summed E-state index contributed by atoms with van der Waals surface area (Å²) >= 11 is 0. The highest BCUT2D eigenvalue weighted by Gasteiger charge is 2.27. The van der Waals surface area contributed by atoms with Gasteiger partial charge in [-0.15, -0.1) is 0 Å². The first kappa shape index (κ1) is 19.5. The maximum atomic E-state index is 13.1. The molecule has 0 heterocycles. The van der Waals surface area contributed by atoms with Gasteiger partial charge in [0.05, 0.1) is 19.4 Å². The minimum absolute atomic E-state index is 0.0904. The summed E-state index contributed by atoms with van der Waals surface area (Å²) in [4.78, 5) is 35.0. The van der Waals surface area contributed by atoms with E-state index in [9.17, 15) is 23.2 Å². The molecule has 0 saturated carbocycles. The van der Waals surface area contributed by atoms with Crippen molar-refractivity contribution >= 4 is 17.8 Å². The summed E-state index contributed by atoms with van der Waals surface area (Å²) in [6.07, 6.45) is -0.347. The van der Waals surface area contributed by atoms with Gasteiger partial charge >= 0.3 is 5.97 Å². The minimum Gasteiger partial charge on any atom is -0.466 e. The first-order chi connectivity index (χ1) is 11.2. The van der Waals surface area contributed by atoms with Gasteiger partial charge in [0.15, 0.2) is 11.6 Å². The fraction of sp³-hybridized carbons (Fsp3) is 0.438. The molecule has 1 aromatic carbocycles. The number of amides is 2. The molecule has 0 bridgehead atoms. The molecule has 0 aliphatic heterocycles. The van der Waals surface area contributed by atoms with E-state index in [4.69, 9.17) is 10.5 Å². The lowest BCUT2D eigenvalue weighted by atomic mass is 9.97. The summed E-state index contributed by atoms with van der Waals surface area (Å²) < 4.78 is 30.8. The molecular formula is C16H20F2N2O4. The largest absolute Gasteiger partial charge is 0.466 e. The van der Waals surface area contributed by atoms with Crippen molar-refractivity contribution in [3.8, 4) is 0 Å². The van der Waals surface area contributed by atoms with Crippen molar-refractivity contribution < 1.29 is 27.9 Å². The third-order valence-corrected chi connectivity index (χ3v) is 3.33. The number of ether oxygens (including phenoxy) is 1. The highest BCUT2D eigenvalue weighted by atomic mass is 19.2. The predicted octanol–water partition coefficient (Wildman–Crippen LogP) is 1.07. The lowest BCUT2D eigenvalue weighted by Gasteiger charge is -2.21. The molecule has 0 fully saturated rings. The number of nitrogens with two attached hydrogens (primary N) is 1. The average Bonchev–Trinajstić information content (AvgIpc) is 2.48. The Balaban J connectivity index is 2.69. The molecule has 1 aromatic rings. The molecule has 6 nitrogen and oxygen atoms in total. The van der Waals surface area contributed by atoms with E-state index in [1.54, 1.807) is 13.8 Å². The van der Waals surface area contributed by atoms with Gasteiger partial charge in [0.1, 0.15) is 6.04 Å². The van der Waals surface area contributed by atoms with E-state index in [0.29, 0.717) is 0 Å². The highest BCUT2D eigenvalue weighted by Crippen LogP contribution is 2.12. The number of hydrogen-bond acceptors (Lipinski definition) is 4. The Labute approximate surface area is 138 Å². The van der Waals surface area contributed by atoms with E-state index in [2.05, 4.69) is 5.32 Å². The molecule has 24 heavy (non-hydrogen) atoms. The van der Waals surface area contributed by atoms with E-state index >= 15 is 0 Å². The Morgan fingerprint density at radius 1 is 1.25 bits per heavy atom. The third kappa shape index (κ3) is 5.94. The van der Waals surface area contributed by atoms with Crippen LogP contribution in [0.5, 0.6) is 0 Å². The maximum Gasteiger partial charge on any atom is 0.306 e. The SMILES string of the molecule is CCOC(=O)C[C@H](C)[C@H](NC(=O)Cc1ccc(F)c(F)c1)C(N)=O. The van der Waals surface area contributed by atoms with Gasteiger partial charge in [-0.25, -0.2) is 8.78 Å². The molecule has 8 heteroatoms. The van der Waals surface area contributed by atoms with E-state index in [0.717, 1.165) is 12.1 Å². The lowest BCUT2D eigenvalue weighted by Crippen LogP contribution is -2.49. The van der Waals surface area contributed by atoms with Crippen LogP contribution >= 0.6 is 0 Å². The summed E-state index contributed by atoms with van der Waals surface area (Å²) in [6.45, 7) is 3.43. The van der Waals surface area contributed by atoms with Crippen LogP contribution in [0.15, 0.2) is 18.2 Å². The first-order valence-electron chi connectivity index (χ1n) is 7.42. The van der Waals surface area contributed by atoms with Crippen molar-refractivity contribution in [1.82, 2.24) is 5.32 Å². The summed E-state index contributed by atoms with van der Waals surface area (Å²) in [6, 6.07) is 2.00. The molecule has 0 aliphatic carbocycles. The van der Waals surface area contributed by atoms with E-state index in [-0.39, 0.29) is 25.0 Å². The van der Waals surface area contributed by atoms with Gasteiger partial charge in [-0.05, 0) is 30.5 Å². The van der Waals surface area contributed by atoms with Crippen molar-refractivity contribution in [2.45, 2.75) is 32.7 Å². The number of benzene rings is 1. The van der Waals surface area contributed by atoms with Crippen molar-refractivity contribution in [2.75, 3.05) is 6.61 Å². The summed E-state index contributed by atoms with van der Waals surface area (Å²) in [5, 5.41) is 2.41. The van der Waals surface area contributed by atoms with Crippen LogP contribution in [-0.2, 0) is 25.5 Å². The van der Waals surface area contributed by atoms with E-state index in [1.807, 2.05) is 0 Å². The summed E-state index contributed by atoms with van der Waals surface area (Å²) in [5.74, 6) is -4.56. The molecule has 0 spiro atoms. The second-order valence-corrected chi connectivity index (χ2v) is 5.36. The van der Waals surface area contributed by atoms with Crippen LogP contribution in [0.25, 0.3) is 0 Å².